The molecule has 0 radical (unpaired) electrons. The number of rotatable bonds is 3. The van der Waals surface area contributed by atoms with Crippen LogP contribution in [0.4, 0.5) is 0 Å². The van der Waals surface area contributed by atoms with Crippen LogP contribution in [0.1, 0.15) is 36.9 Å². The van der Waals surface area contributed by atoms with Gasteiger partial charge in [-0.3, -0.25) is 4.79 Å². The molecular formula is C11H18N2O2. The van der Waals surface area contributed by atoms with Crippen molar-refractivity contribution < 1.29 is 9.21 Å². The molecule has 1 heterocycles. The van der Waals surface area contributed by atoms with Gasteiger partial charge in [-0.15, -0.1) is 0 Å². The highest BCUT2D eigenvalue weighted by atomic mass is 16.3. The van der Waals surface area contributed by atoms with Crippen LogP contribution in [-0.4, -0.2) is 17.5 Å². The van der Waals surface area contributed by atoms with Crippen molar-refractivity contribution in [2.75, 3.05) is 0 Å². The Morgan fingerprint density at radius 3 is 2.60 bits per heavy atom. The van der Waals surface area contributed by atoms with Gasteiger partial charge in [0, 0.05) is 11.6 Å². The lowest BCUT2D eigenvalue weighted by Gasteiger charge is -2.30. The fourth-order valence-corrected chi connectivity index (χ4v) is 1.04. The third kappa shape index (κ3) is 2.83. The Bertz CT molecular complexity index is 353. The van der Waals surface area contributed by atoms with E-state index in [2.05, 4.69) is 5.32 Å². The van der Waals surface area contributed by atoms with E-state index in [9.17, 15) is 4.79 Å². The summed E-state index contributed by atoms with van der Waals surface area (Å²) >= 11 is 0. The van der Waals surface area contributed by atoms with Crippen LogP contribution in [0.25, 0.3) is 0 Å². The lowest BCUT2D eigenvalue weighted by atomic mass is 9.96. The molecule has 15 heavy (non-hydrogen) atoms. The molecule has 0 saturated heterocycles. The Morgan fingerprint density at radius 1 is 1.60 bits per heavy atom. The molecule has 4 nitrogen and oxygen atoms in total. The molecular weight excluding hydrogens is 192 g/mol. The second-order valence-electron chi connectivity index (χ2n) is 4.41. The molecule has 1 aromatic heterocycles. The average Bonchev–Trinajstić information content (AvgIpc) is 2.50. The molecule has 1 atom stereocenters. The predicted octanol–water partition coefficient (Wildman–Crippen LogP) is 1.44. The number of carbonyl (C=O) groups is 1. The summed E-state index contributed by atoms with van der Waals surface area (Å²) in [4.78, 5) is 11.8. The maximum absolute atomic E-state index is 11.8. The molecule has 1 rings (SSSR count). The molecule has 4 heteroatoms. The van der Waals surface area contributed by atoms with Gasteiger partial charge in [0.2, 0.25) is 0 Å². The third-order valence-corrected chi connectivity index (χ3v) is 2.57. The van der Waals surface area contributed by atoms with Crippen molar-refractivity contribution in [2.45, 2.75) is 39.3 Å². The minimum atomic E-state index is -0.428. The van der Waals surface area contributed by atoms with Crippen molar-refractivity contribution in [2.24, 2.45) is 5.73 Å². The van der Waals surface area contributed by atoms with Gasteiger partial charge in [-0.1, -0.05) is 0 Å². The van der Waals surface area contributed by atoms with E-state index in [1.165, 1.54) is 6.26 Å². The Labute approximate surface area is 89.8 Å². The Morgan fingerprint density at radius 2 is 2.20 bits per heavy atom. The summed E-state index contributed by atoms with van der Waals surface area (Å²) in [5.41, 5.74) is 5.86. The van der Waals surface area contributed by atoms with Crippen LogP contribution < -0.4 is 11.1 Å². The molecule has 0 bridgehead atoms. The minimum Gasteiger partial charge on any atom is -0.469 e. The van der Waals surface area contributed by atoms with Gasteiger partial charge in [0.1, 0.15) is 12.0 Å². The Kier molecular flexibility index (Phi) is 3.19. The SMILES string of the molecule is Cc1cc(C(=O)NC(C)(C)C(C)N)co1. The molecule has 0 saturated carbocycles. The quantitative estimate of drug-likeness (QED) is 0.793. The van der Waals surface area contributed by atoms with Crippen molar-refractivity contribution in [3.05, 3.63) is 23.7 Å². The van der Waals surface area contributed by atoms with E-state index >= 15 is 0 Å². The Hall–Kier alpha value is -1.29. The van der Waals surface area contributed by atoms with Crippen LogP contribution in [-0.2, 0) is 0 Å². The van der Waals surface area contributed by atoms with Crippen LogP contribution in [0.2, 0.25) is 0 Å². The number of nitrogens with one attached hydrogen (secondary N) is 1. The zero-order chi connectivity index (χ0) is 11.6. The smallest absolute Gasteiger partial charge is 0.255 e. The van der Waals surface area contributed by atoms with Gasteiger partial charge in [0.15, 0.2) is 0 Å². The maximum atomic E-state index is 11.8. The minimum absolute atomic E-state index is 0.116. The van der Waals surface area contributed by atoms with Gasteiger partial charge in [0.25, 0.3) is 5.91 Å². The van der Waals surface area contributed by atoms with Gasteiger partial charge >= 0.3 is 0 Å². The standard InChI is InChI=1S/C11H18N2O2/c1-7-5-9(6-15-7)10(14)13-11(3,4)8(2)12/h5-6,8H,12H2,1-4H3,(H,13,14). The van der Waals surface area contributed by atoms with E-state index in [0.717, 1.165) is 5.76 Å². The van der Waals surface area contributed by atoms with Crippen molar-refractivity contribution in [3.8, 4) is 0 Å². The molecule has 84 valence electrons. The van der Waals surface area contributed by atoms with E-state index < -0.39 is 5.54 Å². The van der Waals surface area contributed by atoms with E-state index in [4.69, 9.17) is 10.2 Å². The third-order valence-electron chi connectivity index (χ3n) is 2.57. The van der Waals surface area contributed by atoms with E-state index in [1.54, 1.807) is 13.0 Å². The fourth-order valence-electron chi connectivity index (χ4n) is 1.04. The van der Waals surface area contributed by atoms with Gasteiger partial charge < -0.3 is 15.5 Å². The molecule has 0 aromatic carbocycles. The average molecular weight is 210 g/mol. The van der Waals surface area contributed by atoms with Crippen molar-refractivity contribution >= 4 is 5.91 Å². The first-order valence-electron chi connectivity index (χ1n) is 4.96. The zero-order valence-electron chi connectivity index (χ0n) is 9.63. The van der Waals surface area contributed by atoms with Gasteiger partial charge in [-0.05, 0) is 33.8 Å². The van der Waals surface area contributed by atoms with Crippen LogP contribution >= 0.6 is 0 Å². The number of carbonyl (C=O) groups excluding carboxylic acids is 1. The lowest BCUT2D eigenvalue weighted by Crippen LogP contribution is -2.54. The molecule has 0 aliphatic rings. The van der Waals surface area contributed by atoms with Gasteiger partial charge in [0.05, 0.1) is 5.56 Å². The second-order valence-corrected chi connectivity index (χ2v) is 4.41. The van der Waals surface area contributed by atoms with Crippen LogP contribution in [0.5, 0.6) is 0 Å². The first kappa shape index (κ1) is 11.8. The van der Waals surface area contributed by atoms with E-state index in [-0.39, 0.29) is 11.9 Å². The van der Waals surface area contributed by atoms with E-state index in [1.807, 2.05) is 20.8 Å². The number of amides is 1. The summed E-state index contributed by atoms with van der Waals surface area (Å²) < 4.78 is 5.07. The summed E-state index contributed by atoms with van der Waals surface area (Å²) in [6.07, 6.45) is 1.45. The largest absolute Gasteiger partial charge is 0.469 e. The molecule has 1 amide bonds. The number of hydrogen-bond acceptors (Lipinski definition) is 3. The van der Waals surface area contributed by atoms with Crippen molar-refractivity contribution in [3.63, 3.8) is 0 Å². The van der Waals surface area contributed by atoms with Crippen LogP contribution in [0, 0.1) is 6.92 Å². The summed E-state index contributed by atoms with van der Waals surface area (Å²) in [5.74, 6) is 0.563. The molecule has 0 fully saturated rings. The molecule has 0 aliphatic heterocycles. The van der Waals surface area contributed by atoms with Gasteiger partial charge in [-0.2, -0.15) is 0 Å². The summed E-state index contributed by atoms with van der Waals surface area (Å²) in [5, 5.41) is 2.86. The highest BCUT2D eigenvalue weighted by Gasteiger charge is 2.25. The number of aryl methyl sites for hydroxylation is 1. The number of hydrogen-bond donors (Lipinski definition) is 2. The van der Waals surface area contributed by atoms with Crippen LogP contribution in [0.3, 0.4) is 0 Å². The predicted molar refractivity (Wildman–Crippen MR) is 58.6 cm³/mol. The van der Waals surface area contributed by atoms with E-state index in [0.29, 0.717) is 5.56 Å². The first-order valence-corrected chi connectivity index (χ1v) is 4.96. The highest BCUT2D eigenvalue weighted by Crippen LogP contribution is 2.11. The van der Waals surface area contributed by atoms with Crippen LogP contribution in [0.15, 0.2) is 16.7 Å². The first-order chi connectivity index (χ1) is 6.83. The molecule has 1 aromatic rings. The van der Waals surface area contributed by atoms with Crippen molar-refractivity contribution in [1.82, 2.24) is 5.32 Å². The summed E-state index contributed by atoms with van der Waals surface area (Å²) in [6, 6.07) is 1.58. The molecule has 0 aliphatic carbocycles. The number of nitrogens with two attached hydrogens (primary N) is 1. The number of furan rings is 1. The fraction of sp³-hybridized carbons (Fsp3) is 0.545. The molecule has 1 unspecified atom stereocenters. The molecule has 0 spiro atoms. The van der Waals surface area contributed by atoms with Crippen molar-refractivity contribution in [1.29, 1.82) is 0 Å². The Balaban J connectivity index is 2.72. The molecule has 3 N–H and O–H groups in total. The second kappa shape index (κ2) is 4.06. The zero-order valence-corrected chi connectivity index (χ0v) is 9.63. The highest BCUT2D eigenvalue weighted by molar-refractivity contribution is 5.94. The normalized spacial score (nSPS) is 13.7. The topological polar surface area (TPSA) is 68.3 Å². The monoisotopic (exact) mass is 210 g/mol. The van der Waals surface area contributed by atoms with Gasteiger partial charge in [-0.25, -0.2) is 0 Å². The summed E-state index contributed by atoms with van der Waals surface area (Å²) in [7, 11) is 0. The maximum Gasteiger partial charge on any atom is 0.255 e. The summed E-state index contributed by atoms with van der Waals surface area (Å²) in [6.45, 7) is 7.44. The lowest BCUT2D eigenvalue weighted by molar-refractivity contribution is 0.0903.